The van der Waals surface area contributed by atoms with Gasteiger partial charge in [0.25, 0.3) is 0 Å². The number of rotatable bonds is 4. The quantitative estimate of drug-likeness (QED) is 0.757. The molecule has 0 radical (unpaired) electrons. The molecule has 1 atom stereocenters. The SMILES string of the molecule is NC1(CNCc2nccs2)CCOC1. The van der Waals surface area contributed by atoms with E-state index in [1.807, 2.05) is 11.6 Å². The van der Waals surface area contributed by atoms with Crippen molar-refractivity contribution in [3.05, 3.63) is 16.6 Å². The minimum atomic E-state index is -0.169. The van der Waals surface area contributed by atoms with Crippen LogP contribution in [0.15, 0.2) is 11.6 Å². The van der Waals surface area contributed by atoms with Gasteiger partial charge in [0.05, 0.1) is 12.1 Å². The molecular formula is C9H15N3OS. The Kier molecular flexibility index (Phi) is 3.12. The lowest BCUT2D eigenvalue weighted by molar-refractivity contribution is 0.177. The molecule has 2 heterocycles. The molecule has 1 aliphatic heterocycles. The average Bonchev–Trinajstić information content (AvgIpc) is 2.77. The number of hydrogen-bond acceptors (Lipinski definition) is 5. The fourth-order valence-corrected chi connectivity index (χ4v) is 2.11. The molecule has 1 unspecified atom stereocenters. The molecular weight excluding hydrogens is 198 g/mol. The summed E-state index contributed by atoms with van der Waals surface area (Å²) in [6, 6.07) is 0. The van der Waals surface area contributed by atoms with E-state index in [0.717, 1.165) is 31.1 Å². The molecule has 0 saturated carbocycles. The van der Waals surface area contributed by atoms with Crippen LogP contribution in [0.5, 0.6) is 0 Å². The van der Waals surface area contributed by atoms with Crippen LogP contribution in [0.3, 0.4) is 0 Å². The number of nitrogens with zero attached hydrogens (tertiary/aromatic N) is 1. The number of thiazole rings is 1. The molecule has 0 aliphatic carbocycles. The second-order valence-electron chi connectivity index (χ2n) is 3.69. The Morgan fingerprint density at radius 3 is 3.29 bits per heavy atom. The molecule has 0 aromatic carbocycles. The largest absolute Gasteiger partial charge is 0.379 e. The van der Waals surface area contributed by atoms with Crippen molar-refractivity contribution in [3.8, 4) is 0 Å². The summed E-state index contributed by atoms with van der Waals surface area (Å²) in [7, 11) is 0. The van der Waals surface area contributed by atoms with Gasteiger partial charge in [-0.2, -0.15) is 0 Å². The summed E-state index contributed by atoms with van der Waals surface area (Å²) < 4.78 is 5.27. The molecule has 1 fully saturated rings. The van der Waals surface area contributed by atoms with Crippen molar-refractivity contribution >= 4 is 11.3 Å². The van der Waals surface area contributed by atoms with E-state index in [0.29, 0.717) is 6.61 Å². The lowest BCUT2D eigenvalue weighted by atomic mass is 10.0. The van der Waals surface area contributed by atoms with Crippen LogP contribution >= 0.6 is 11.3 Å². The maximum atomic E-state index is 6.09. The van der Waals surface area contributed by atoms with E-state index in [-0.39, 0.29) is 5.54 Å². The zero-order chi connectivity index (χ0) is 9.86. The molecule has 2 rings (SSSR count). The molecule has 78 valence electrons. The zero-order valence-corrected chi connectivity index (χ0v) is 8.85. The number of nitrogens with one attached hydrogen (secondary N) is 1. The molecule has 3 N–H and O–H groups in total. The maximum Gasteiger partial charge on any atom is 0.106 e. The van der Waals surface area contributed by atoms with Gasteiger partial charge in [-0.25, -0.2) is 4.98 Å². The van der Waals surface area contributed by atoms with E-state index in [9.17, 15) is 0 Å². The van der Waals surface area contributed by atoms with Crippen LogP contribution in [-0.4, -0.2) is 30.3 Å². The van der Waals surface area contributed by atoms with Crippen LogP contribution in [0.2, 0.25) is 0 Å². The Labute approximate surface area is 87.5 Å². The predicted molar refractivity (Wildman–Crippen MR) is 56.2 cm³/mol. The van der Waals surface area contributed by atoms with Crippen LogP contribution in [0, 0.1) is 0 Å². The van der Waals surface area contributed by atoms with E-state index in [4.69, 9.17) is 10.5 Å². The topological polar surface area (TPSA) is 60.2 Å². The van der Waals surface area contributed by atoms with Gasteiger partial charge in [0.1, 0.15) is 5.01 Å². The molecule has 1 aromatic heterocycles. The Morgan fingerprint density at radius 2 is 2.64 bits per heavy atom. The average molecular weight is 213 g/mol. The zero-order valence-electron chi connectivity index (χ0n) is 8.03. The van der Waals surface area contributed by atoms with E-state index in [1.54, 1.807) is 11.3 Å². The van der Waals surface area contributed by atoms with Crippen molar-refractivity contribution in [2.45, 2.75) is 18.5 Å². The van der Waals surface area contributed by atoms with Crippen molar-refractivity contribution in [2.24, 2.45) is 5.73 Å². The molecule has 1 aliphatic rings. The third-order valence-corrected chi connectivity index (χ3v) is 3.15. The minimum absolute atomic E-state index is 0.169. The summed E-state index contributed by atoms with van der Waals surface area (Å²) in [4.78, 5) is 4.19. The second kappa shape index (κ2) is 4.35. The van der Waals surface area contributed by atoms with Crippen LogP contribution in [-0.2, 0) is 11.3 Å². The van der Waals surface area contributed by atoms with Crippen molar-refractivity contribution < 1.29 is 4.74 Å². The first kappa shape index (κ1) is 10.0. The van der Waals surface area contributed by atoms with E-state index in [1.165, 1.54) is 0 Å². The van der Waals surface area contributed by atoms with Gasteiger partial charge in [0.2, 0.25) is 0 Å². The molecule has 14 heavy (non-hydrogen) atoms. The molecule has 0 spiro atoms. The first-order chi connectivity index (χ1) is 6.79. The summed E-state index contributed by atoms with van der Waals surface area (Å²) in [5.41, 5.74) is 5.92. The Hall–Kier alpha value is -0.490. The third kappa shape index (κ3) is 2.51. The number of ether oxygens (including phenoxy) is 1. The highest BCUT2D eigenvalue weighted by atomic mass is 32.1. The van der Waals surface area contributed by atoms with Gasteiger partial charge in [0.15, 0.2) is 0 Å². The molecule has 5 heteroatoms. The highest BCUT2D eigenvalue weighted by Gasteiger charge is 2.29. The van der Waals surface area contributed by atoms with E-state index in [2.05, 4.69) is 10.3 Å². The number of hydrogen-bond donors (Lipinski definition) is 2. The molecule has 0 bridgehead atoms. The van der Waals surface area contributed by atoms with Crippen molar-refractivity contribution in [1.82, 2.24) is 10.3 Å². The summed E-state index contributed by atoms with van der Waals surface area (Å²) in [5.74, 6) is 0. The highest BCUT2D eigenvalue weighted by Crippen LogP contribution is 2.14. The van der Waals surface area contributed by atoms with Crippen LogP contribution in [0.1, 0.15) is 11.4 Å². The summed E-state index contributed by atoms with van der Waals surface area (Å²) in [6.07, 6.45) is 2.76. The summed E-state index contributed by atoms with van der Waals surface area (Å²) in [6.45, 7) is 3.05. The van der Waals surface area contributed by atoms with Gasteiger partial charge >= 0.3 is 0 Å². The minimum Gasteiger partial charge on any atom is -0.379 e. The fraction of sp³-hybridized carbons (Fsp3) is 0.667. The van der Waals surface area contributed by atoms with Gasteiger partial charge < -0.3 is 15.8 Å². The van der Waals surface area contributed by atoms with Crippen LogP contribution in [0.4, 0.5) is 0 Å². The standard InChI is InChI=1S/C9H15N3OS/c10-9(1-3-13-7-9)6-11-5-8-12-2-4-14-8/h2,4,11H,1,3,5-7,10H2. The summed E-state index contributed by atoms with van der Waals surface area (Å²) >= 11 is 1.66. The molecule has 4 nitrogen and oxygen atoms in total. The first-order valence-electron chi connectivity index (χ1n) is 4.74. The maximum absolute atomic E-state index is 6.09. The number of aromatic nitrogens is 1. The van der Waals surface area contributed by atoms with Gasteiger partial charge in [-0.3, -0.25) is 0 Å². The third-order valence-electron chi connectivity index (χ3n) is 2.37. The van der Waals surface area contributed by atoms with Gasteiger partial charge in [-0.15, -0.1) is 11.3 Å². The Balaban J connectivity index is 1.72. The van der Waals surface area contributed by atoms with E-state index < -0.39 is 0 Å². The van der Waals surface area contributed by atoms with E-state index >= 15 is 0 Å². The Bertz CT molecular complexity index is 270. The molecule has 1 aromatic rings. The normalized spacial score (nSPS) is 26.9. The van der Waals surface area contributed by atoms with Crippen molar-refractivity contribution in [2.75, 3.05) is 19.8 Å². The second-order valence-corrected chi connectivity index (χ2v) is 4.67. The smallest absolute Gasteiger partial charge is 0.106 e. The van der Waals surface area contributed by atoms with Crippen LogP contribution in [0.25, 0.3) is 0 Å². The first-order valence-corrected chi connectivity index (χ1v) is 5.62. The predicted octanol–water partition coefficient (Wildman–Crippen LogP) is 0.350. The van der Waals surface area contributed by atoms with Crippen LogP contribution < -0.4 is 11.1 Å². The lowest BCUT2D eigenvalue weighted by Crippen LogP contribution is -2.49. The molecule has 0 amide bonds. The fourth-order valence-electron chi connectivity index (χ4n) is 1.52. The Morgan fingerprint density at radius 1 is 1.71 bits per heavy atom. The summed E-state index contributed by atoms with van der Waals surface area (Å²) in [5, 5.41) is 6.40. The van der Waals surface area contributed by atoms with Crippen molar-refractivity contribution in [3.63, 3.8) is 0 Å². The monoisotopic (exact) mass is 213 g/mol. The number of nitrogens with two attached hydrogens (primary N) is 1. The molecule has 1 saturated heterocycles. The van der Waals surface area contributed by atoms with Crippen molar-refractivity contribution in [1.29, 1.82) is 0 Å². The highest BCUT2D eigenvalue weighted by molar-refractivity contribution is 7.09. The van der Waals surface area contributed by atoms with Gasteiger partial charge in [0, 0.05) is 31.3 Å². The lowest BCUT2D eigenvalue weighted by Gasteiger charge is -2.21. The van der Waals surface area contributed by atoms with Gasteiger partial charge in [-0.1, -0.05) is 0 Å². The van der Waals surface area contributed by atoms with Gasteiger partial charge in [-0.05, 0) is 6.42 Å².